The summed E-state index contributed by atoms with van der Waals surface area (Å²) in [5.74, 6) is 0.459. The van der Waals surface area contributed by atoms with E-state index < -0.39 is 0 Å². The van der Waals surface area contributed by atoms with Crippen LogP contribution in [0.15, 0.2) is 30.3 Å². The van der Waals surface area contributed by atoms with Crippen LogP contribution >= 0.6 is 11.3 Å². The molecule has 1 aromatic heterocycles. The summed E-state index contributed by atoms with van der Waals surface area (Å²) >= 11 is 1.51. The number of aromatic nitrogens is 1. The Morgan fingerprint density at radius 3 is 2.59 bits per heavy atom. The van der Waals surface area contributed by atoms with Gasteiger partial charge in [0.2, 0.25) is 5.88 Å². The molecule has 0 aliphatic heterocycles. The zero-order chi connectivity index (χ0) is 12.3. The van der Waals surface area contributed by atoms with E-state index in [9.17, 15) is 5.11 Å². The van der Waals surface area contributed by atoms with Crippen molar-refractivity contribution in [3.05, 3.63) is 40.8 Å². The zero-order valence-corrected chi connectivity index (χ0v) is 10.8. The van der Waals surface area contributed by atoms with Crippen molar-refractivity contribution in [2.45, 2.75) is 26.3 Å². The minimum Gasteiger partial charge on any atom is -0.492 e. The predicted molar refractivity (Wildman–Crippen MR) is 71.6 cm³/mol. The molecule has 2 aromatic rings. The number of benzene rings is 1. The zero-order valence-electron chi connectivity index (χ0n) is 9.97. The van der Waals surface area contributed by atoms with Gasteiger partial charge in [-0.05, 0) is 11.5 Å². The molecule has 0 bridgehead atoms. The van der Waals surface area contributed by atoms with Gasteiger partial charge in [-0.1, -0.05) is 55.5 Å². The second-order valence-electron chi connectivity index (χ2n) is 4.20. The van der Waals surface area contributed by atoms with Crippen molar-refractivity contribution < 1.29 is 5.11 Å². The van der Waals surface area contributed by atoms with E-state index in [1.807, 2.05) is 32.0 Å². The van der Waals surface area contributed by atoms with Crippen LogP contribution in [0, 0.1) is 0 Å². The number of aromatic hydroxyl groups is 1. The van der Waals surface area contributed by atoms with E-state index in [-0.39, 0.29) is 5.88 Å². The van der Waals surface area contributed by atoms with E-state index in [0.717, 1.165) is 16.6 Å². The van der Waals surface area contributed by atoms with Crippen LogP contribution in [0.5, 0.6) is 5.88 Å². The van der Waals surface area contributed by atoms with Gasteiger partial charge in [-0.2, -0.15) is 4.98 Å². The maximum Gasteiger partial charge on any atom is 0.227 e. The smallest absolute Gasteiger partial charge is 0.227 e. The fourth-order valence-corrected chi connectivity index (χ4v) is 2.41. The standard InChI is InChI=1S/C13H16N2OS/c1-9(2)11-12(16)15-13(17-11)14-8-10-6-4-3-5-7-10/h3-7,9,16H,8H2,1-2H3,(H,14,15). The molecule has 4 heteroatoms. The van der Waals surface area contributed by atoms with Crippen molar-refractivity contribution >= 4 is 16.5 Å². The number of nitrogens with zero attached hydrogens (tertiary/aromatic N) is 1. The number of rotatable bonds is 4. The lowest BCUT2D eigenvalue weighted by Gasteiger charge is -2.01. The maximum absolute atomic E-state index is 9.66. The van der Waals surface area contributed by atoms with Gasteiger partial charge in [-0.15, -0.1) is 0 Å². The van der Waals surface area contributed by atoms with Crippen LogP contribution in [-0.4, -0.2) is 10.1 Å². The van der Waals surface area contributed by atoms with Gasteiger partial charge in [-0.25, -0.2) is 0 Å². The molecule has 17 heavy (non-hydrogen) atoms. The molecule has 0 saturated heterocycles. The molecule has 0 unspecified atom stereocenters. The van der Waals surface area contributed by atoms with Crippen LogP contribution in [0.3, 0.4) is 0 Å². The molecule has 0 spiro atoms. The number of anilines is 1. The second-order valence-corrected chi connectivity index (χ2v) is 5.23. The molecule has 0 radical (unpaired) electrons. The first-order chi connectivity index (χ1) is 8.16. The summed E-state index contributed by atoms with van der Waals surface area (Å²) in [5, 5.41) is 13.7. The molecule has 2 N–H and O–H groups in total. The fourth-order valence-electron chi connectivity index (χ4n) is 1.55. The van der Waals surface area contributed by atoms with Gasteiger partial charge in [-0.3, -0.25) is 0 Å². The normalized spacial score (nSPS) is 10.8. The van der Waals surface area contributed by atoms with Crippen molar-refractivity contribution in [1.82, 2.24) is 4.98 Å². The van der Waals surface area contributed by atoms with E-state index in [4.69, 9.17) is 0 Å². The van der Waals surface area contributed by atoms with E-state index >= 15 is 0 Å². The highest BCUT2D eigenvalue weighted by Gasteiger charge is 2.12. The molecule has 3 nitrogen and oxygen atoms in total. The van der Waals surface area contributed by atoms with E-state index in [1.165, 1.54) is 16.9 Å². The van der Waals surface area contributed by atoms with Gasteiger partial charge >= 0.3 is 0 Å². The first-order valence-electron chi connectivity index (χ1n) is 5.64. The minimum absolute atomic E-state index is 0.153. The molecular weight excluding hydrogens is 232 g/mol. The summed E-state index contributed by atoms with van der Waals surface area (Å²) in [7, 11) is 0. The molecule has 0 amide bonds. The fraction of sp³-hybridized carbons (Fsp3) is 0.308. The van der Waals surface area contributed by atoms with Crippen molar-refractivity contribution in [2.24, 2.45) is 0 Å². The Balaban J connectivity index is 2.02. The topological polar surface area (TPSA) is 45.2 Å². The molecule has 90 valence electrons. The van der Waals surface area contributed by atoms with Gasteiger partial charge in [0.15, 0.2) is 5.13 Å². The van der Waals surface area contributed by atoms with E-state index in [1.54, 1.807) is 0 Å². The van der Waals surface area contributed by atoms with Gasteiger partial charge in [0.05, 0.1) is 4.88 Å². The quantitative estimate of drug-likeness (QED) is 0.869. The van der Waals surface area contributed by atoms with Crippen LogP contribution in [0.4, 0.5) is 5.13 Å². The molecule has 0 fully saturated rings. The van der Waals surface area contributed by atoms with Crippen molar-refractivity contribution in [3.8, 4) is 5.88 Å². The number of thiazole rings is 1. The summed E-state index contributed by atoms with van der Waals surface area (Å²) in [6, 6.07) is 10.1. The predicted octanol–water partition coefficient (Wildman–Crippen LogP) is 3.58. The highest BCUT2D eigenvalue weighted by Crippen LogP contribution is 2.33. The molecule has 2 rings (SSSR count). The Kier molecular flexibility index (Phi) is 3.64. The van der Waals surface area contributed by atoms with Crippen LogP contribution < -0.4 is 5.32 Å². The molecule has 1 heterocycles. The molecule has 1 aromatic carbocycles. The summed E-state index contributed by atoms with van der Waals surface area (Å²) in [5.41, 5.74) is 1.20. The molecule has 0 aliphatic carbocycles. The number of hydrogen-bond acceptors (Lipinski definition) is 4. The summed E-state index contributed by atoms with van der Waals surface area (Å²) < 4.78 is 0. The first kappa shape index (κ1) is 11.9. The highest BCUT2D eigenvalue weighted by atomic mass is 32.1. The third-order valence-corrected chi connectivity index (χ3v) is 3.75. The molecule has 0 aliphatic rings. The van der Waals surface area contributed by atoms with Crippen LogP contribution in [0.2, 0.25) is 0 Å². The summed E-state index contributed by atoms with van der Waals surface area (Å²) in [4.78, 5) is 5.04. The first-order valence-corrected chi connectivity index (χ1v) is 6.46. The monoisotopic (exact) mass is 248 g/mol. The van der Waals surface area contributed by atoms with Crippen LogP contribution in [0.25, 0.3) is 0 Å². The molecule has 0 saturated carbocycles. The Labute approximate surface area is 105 Å². The van der Waals surface area contributed by atoms with Crippen LogP contribution in [0.1, 0.15) is 30.2 Å². The average molecular weight is 248 g/mol. The van der Waals surface area contributed by atoms with E-state index in [0.29, 0.717) is 5.92 Å². The Bertz CT molecular complexity index is 479. The summed E-state index contributed by atoms with van der Waals surface area (Å²) in [6.07, 6.45) is 0. The van der Waals surface area contributed by atoms with Gasteiger partial charge in [0.1, 0.15) is 0 Å². The Morgan fingerprint density at radius 2 is 2.00 bits per heavy atom. The average Bonchev–Trinajstić information content (AvgIpc) is 2.69. The third kappa shape index (κ3) is 2.97. The Hall–Kier alpha value is -1.55. The number of hydrogen-bond donors (Lipinski definition) is 2. The largest absolute Gasteiger partial charge is 0.492 e. The molecule has 0 atom stereocenters. The number of nitrogens with one attached hydrogen (secondary N) is 1. The summed E-state index contributed by atoms with van der Waals surface area (Å²) in [6.45, 7) is 4.83. The van der Waals surface area contributed by atoms with Gasteiger partial charge in [0, 0.05) is 6.54 Å². The lowest BCUT2D eigenvalue weighted by Crippen LogP contribution is -1.97. The maximum atomic E-state index is 9.66. The lowest BCUT2D eigenvalue weighted by atomic mass is 10.2. The third-order valence-electron chi connectivity index (χ3n) is 2.45. The minimum atomic E-state index is 0.153. The van der Waals surface area contributed by atoms with Gasteiger partial charge < -0.3 is 10.4 Å². The van der Waals surface area contributed by atoms with Crippen molar-refractivity contribution in [1.29, 1.82) is 0 Å². The van der Waals surface area contributed by atoms with Crippen LogP contribution in [-0.2, 0) is 6.54 Å². The van der Waals surface area contributed by atoms with Crippen molar-refractivity contribution in [2.75, 3.05) is 5.32 Å². The molecular formula is C13H16N2OS. The van der Waals surface area contributed by atoms with Gasteiger partial charge in [0.25, 0.3) is 0 Å². The lowest BCUT2D eigenvalue weighted by molar-refractivity contribution is 0.449. The van der Waals surface area contributed by atoms with E-state index in [2.05, 4.69) is 22.4 Å². The Morgan fingerprint density at radius 1 is 1.29 bits per heavy atom. The second kappa shape index (κ2) is 5.19. The highest BCUT2D eigenvalue weighted by molar-refractivity contribution is 7.15. The SMILES string of the molecule is CC(C)c1sc(NCc2ccccc2)nc1O. The van der Waals surface area contributed by atoms with Crippen molar-refractivity contribution in [3.63, 3.8) is 0 Å².